The Morgan fingerprint density at radius 1 is 1.40 bits per heavy atom. The quantitative estimate of drug-likeness (QED) is 0.790. The minimum absolute atomic E-state index is 0.0382. The molecule has 0 heterocycles. The fourth-order valence-corrected chi connectivity index (χ4v) is 3.05. The highest BCUT2D eigenvalue weighted by molar-refractivity contribution is 5.84. The summed E-state index contributed by atoms with van der Waals surface area (Å²) in [5, 5.41) is 2.62. The minimum atomic E-state index is -0.413. The number of rotatable bonds is 5. The molecule has 0 aromatic carbocycles. The molecule has 5 heteroatoms. The van der Waals surface area contributed by atoms with Gasteiger partial charge in [0, 0.05) is 27.2 Å². The van der Waals surface area contributed by atoms with E-state index in [-0.39, 0.29) is 17.7 Å². The van der Waals surface area contributed by atoms with Gasteiger partial charge in [-0.05, 0) is 31.6 Å². The maximum absolute atomic E-state index is 12.7. The van der Waals surface area contributed by atoms with E-state index in [1.165, 1.54) is 0 Å². The van der Waals surface area contributed by atoms with E-state index in [9.17, 15) is 9.59 Å². The van der Waals surface area contributed by atoms with Crippen LogP contribution in [0.2, 0.25) is 0 Å². The number of nitrogens with one attached hydrogen (secondary N) is 1. The predicted molar refractivity (Wildman–Crippen MR) is 80.0 cm³/mol. The molecule has 0 spiro atoms. The first-order valence-electron chi connectivity index (χ1n) is 7.53. The van der Waals surface area contributed by atoms with Gasteiger partial charge in [0.1, 0.15) is 0 Å². The Bertz CT molecular complexity index is 349. The highest BCUT2D eigenvalue weighted by Gasteiger charge is 2.41. The zero-order valence-corrected chi connectivity index (χ0v) is 13.2. The summed E-state index contributed by atoms with van der Waals surface area (Å²) in [5.41, 5.74) is 5.50. The average Bonchev–Trinajstić information content (AvgIpc) is 2.46. The molecule has 1 saturated carbocycles. The van der Waals surface area contributed by atoms with Crippen LogP contribution in [0, 0.1) is 17.3 Å². The third kappa shape index (κ3) is 3.72. The van der Waals surface area contributed by atoms with Gasteiger partial charge in [-0.3, -0.25) is 9.59 Å². The summed E-state index contributed by atoms with van der Waals surface area (Å²) in [4.78, 5) is 26.0. The third-order valence-electron chi connectivity index (χ3n) is 4.66. The first-order chi connectivity index (χ1) is 9.36. The molecular weight excluding hydrogens is 254 g/mol. The lowest BCUT2D eigenvalue weighted by atomic mass is 9.70. The molecule has 0 radical (unpaired) electrons. The van der Waals surface area contributed by atoms with Crippen molar-refractivity contribution in [3.05, 3.63) is 0 Å². The monoisotopic (exact) mass is 283 g/mol. The van der Waals surface area contributed by atoms with Crippen molar-refractivity contribution in [3.63, 3.8) is 0 Å². The Kier molecular flexibility index (Phi) is 5.99. The molecule has 0 aliphatic heterocycles. The standard InChI is InChI=1S/C15H29N3O2/c1-11-5-7-15(10-16,8-6-11)14(20)18(4)9-12(2)13(19)17-3/h11-12H,5-10,16H2,1-4H3,(H,17,19). The predicted octanol–water partition coefficient (Wildman–Crippen LogP) is 0.982. The summed E-state index contributed by atoms with van der Waals surface area (Å²) in [5.74, 6) is 0.537. The summed E-state index contributed by atoms with van der Waals surface area (Å²) in [6, 6.07) is 0. The van der Waals surface area contributed by atoms with E-state index in [0.29, 0.717) is 19.0 Å². The summed E-state index contributed by atoms with van der Waals surface area (Å²) in [6.07, 6.45) is 3.84. The number of carbonyl (C=O) groups is 2. The molecule has 1 aliphatic rings. The van der Waals surface area contributed by atoms with Gasteiger partial charge in [-0.25, -0.2) is 0 Å². The molecule has 0 bridgehead atoms. The van der Waals surface area contributed by atoms with Crippen LogP contribution in [-0.2, 0) is 9.59 Å². The van der Waals surface area contributed by atoms with Crippen LogP contribution in [0.25, 0.3) is 0 Å². The topological polar surface area (TPSA) is 75.4 Å². The minimum Gasteiger partial charge on any atom is -0.359 e. The van der Waals surface area contributed by atoms with Crippen molar-refractivity contribution in [1.82, 2.24) is 10.2 Å². The molecule has 1 rings (SSSR count). The number of amides is 2. The zero-order valence-electron chi connectivity index (χ0n) is 13.2. The summed E-state index contributed by atoms with van der Waals surface area (Å²) >= 11 is 0. The van der Waals surface area contributed by atoms with Gasteiger partial charge in [-0.1, -0.05) is 13.8 Å². The first-order valence-corrected chi connectivity index (χ1v) is 7.53. The van der Waals surface area contributed by atoms with Crippen molar-refractivity contribution in [2.24, 2.45) is 23.0 Å². The number of nitrogens with two attached hydrogens (primary N) is 1. The van der Waals surface area contributed by atoms with Crippen molar-refractivity contribution in [3.8, 4) is 0 Å². The molecule has 3 N–H and O–H groups in total. The molecule has 5 nitrogen and oxygen atoms in total. The Morgan fingerprint density at radius 2 is 1.95 bits per heavy atom. The molecule has 1 unspecified atom stereocenters. The molecule has 116 valence electrons. The Balaban J connectivity index is 2.68. The Hall–Kier alpha value is -1.10. The second-order valence-electron chi connectivity index (χ2n) is 6.37. The second kappa shape index (κ2) is 7.07. The van der Waals surface area contributed by atoms with Crippen LogP contribution in [-0.4, -0.2) is 43.9 Å². The number of hydrogen-bond donors (Lipinski definition) is 2. The Labute approximate surface area is 122 Å². The number of carbonyl (C=O) groups excluding carboxylic acids is 2. The van der Waals surface area contributed by atoms with Gasteiger partial charge < -0.3 is 16.0 Å². The molecule has 1 fully saturated rings. The van der Waals surface area contributed by atoms with Crippen molar-refractivity contribution in [1.29, 1.82) is 0 Å². The Morgan fingerprint density at radius 3 is 2.40 bits per heavy atom. The van der Waals surface area contributed by atoms with Crippen molar-refractivity contribution < 1.29 is 9.59 Å². The van der Waals surface area contributed by atoms with Gasteiger partial charge in [0.2, 0.25) is 11.8 Å². The van der Waals surface area contributed by atoms with Gasteiger partial charge in [0.25, 0.3) is 0 Å². The molecular formula is C15H29N3O2. The molecule has 20 heavy (non-hydrogen) atoms. The van der Waals surface area contributed by atoms with Gasteiger partial charge in [-0.2, -0.15) is 0 Å². The summed E-state index contributed by atoms with van der Waals surface area (Å²) < 4.78 is 0. The SMILES string of the molecule is CNC(=O)C(C)CN(C)C(=O)C1(CN)CCC(C)CC1. The van der Waals surface area contributed by atoms with Crippen molar-refractivity contribution >= 4 is 11.8 Å². The van der Waals surface area contributed by atoms with E-state index < -0.39 is 5.41 Å². The van der Waals surface area contributed by atoms with Crippen LogP contribution in [0.15, 0.2) is 0 Å². The lowest BCUT2D eigenvalue weighted by Crippen LogP contribution is -2.50. The maximum Gasteiger partial charge on any atom is 0.229 e. The smallest absolute Gasteiger partial charge is 0.229 e. The summed E-state index contributed by atoms with van der Waals surface area (Å²) in [6.45, 7) is 4.90. The zero-order chi connectivity index (χ0) is 15.3. The van der Waals surface area contributed by atoms with Crippen molar-refractivity contribution in [2.45, 2.75) is 39.5 Å². The number of hydrogen-bond acceptors (Lipinski definition) is 3. The van der Waals surface area contributed by atoms with Gasteiger partial charge in [0.15, 0.2) is 0 Å². The fourth-order valence-electron chi connectivity index (χ4n) is 3.05. The molecule has 1 atom stereocenters. The van der Waals surface area contributed by atoms with Crippen LogP contribution >= 0.6 is 0 Å². The highest BCUT2D eigenvalue weighted by atomic mass is 16.2. The van der Waals surface area contributed by atoms with Crippen LogP contribution in [0.5, 0.6) is 0 Å². The van der Waals surface area contributed by atoms with Crippen LogP contribution in [0.1, 0.15) is 39.5 Å². The van der Waals surface area contributed by atoms with Crippen LogP contribution < -0.4 is 11.1 Å². The van der Waals surface area contributed by atoms with Gasteiger partial charge in [0.05, 0.1) is 11.3 Å². The van der Waals surface area contributed by atoms with E-state index >= 15 is 0 Å². The third-order valence-corrected chi connectivity index (χ3v) is 4.66. The second-order valence-corrected chi connectivity index (χ2v) is 6.37. The van der Waals surface area contributed by atoms with Crippen LogP contribution in [0.4, 0.5) is 0 Å². The fraction of sp³-hybridized carbons (Fsp3) is 0.867. The van der Waals surface area contributed by atoms with Crippen molar-refractivity contribution in [2.75, 3.05) is 27.2 Å². The number of nitrogens with zero attached hydrogens (tertiary/aromatic N) is 1. The first kappa shape index (κ1) is 17.0. The average molecular weight is 283 g/mol. The van der Waals surface area contributed by atoms with Gasteiger partial charge in [-0.15, -0.1) is 0 Å². The lowest BCUT2D eigenvalue weighted by molar-refractivity contribution is -0.143. The van der Waals surface area contributed by atoms with Crippen LogP contribution in [0.3, 0.4) is 0 Å². The molecule has 2 amide bonds. The van der Waals surface area contributed by atoms with E-state index in [1.54, 1.807) is 19.0 Å². The molecule has 0 aromatic rings. The molecule has 0 saturated heterocycles. The van der Waals surface area contributed by atoms with E-state index in [1.807, 2.05) is 6.92 Å². The lowest BCUT2D eigenvalue weighted by Gasteiger charge is -2.40. The maximum atomic E-state index is 12.7. The largest absolute Gasteiger partial charge is 0.359 e. The van der Waals surface area contributed by atoms with E-state index in [2.05, 4.69) is 12.2 Å². The molecule has 0 aromatic heterocycles. The van der Waals surface area contributed by atoms with E-state index in [4.69, 9.17) is 5.73 Å². The summed E-state index contributed by atoms with van der Waals surface area (Å²) in [7, 11) is 3.39. The normalized spacial score (nSPS) is 27.8. The highest BCUT2D eigenvalue weighted by Crippen LogP contribution is 2.39. The van der Waals surface area contributed by atoms with E-state index in [0.717, 1.165) is 25.7 Å². The van der Waals surface area contributed by atoms with Gasteiger partial charge >= 0.3 is 0 Å². The molecule has 1 aliphatic carbocycles.